The van der Waals surface area contributed by atoms with Crippen molar-refractivity contribution < 1.29 is 27.5 Å². The van der Waals surface area contributed by atoms with Crippen molar-refractivity contribution >= 4 is 46.2 Å². The van der Waals surface area contributed by atoms with Crippen LogP contribution in [-0.2, 0) is 15.7 Å². The van der Waals surface area contributed by atoms with Gasteiger partial charge < -0.3 is 4.74 Å². The topological polar surface area (TPSA) is 55.7 Å². The summed E-state index contributed by atoms with van der Waals surface area (Å²) in [5.41, 5.74) is -1.24. The van der Waals surface area contributed by atoms with Crippen LogP contribution >= 0.6 is 22.6 Å². The summed E-state index contributed by atoms with van der Waals surface area (Å²) in [4.78, 5) is 28.9. The van der Waals surface area contributed by atoms with Crippen LogP contribution in [0.25, 0.3) is 0 Å². The molecule has 1 unspecified atom stereocenters. The Kier molecular flexibility index (Phi) is 7.11. The van der Waals surface area contributed by atoms with Crippen LogP contribution < -0.4 is 0 Å². The molecule has 0 radical (unpaired) electrons. The standard InChI is InChI=1S/C19H15F3INO3/c1-2-27-18(26)15(11-24-13-9-7-12(23)8-10-13)17(25)14-5-3-4-6-16(14)19(20,21)22/h3-11,15H,2H2,1H3. The van der Waals surface area contributed by atoms with E-state index in [4.69, 9.17) is 4.74 Å². The molecule has 2 rings (SSSR count). The molecule has 0 spiro atoms. The summed E-state index contributed by atoms with van der Waals surface area (Å²) in [6.07, 6.45) is -3.70. The summed E-state index contributed by atoms with van der Waals surface area (Å²) in [7, 11) is 0. The Balaban J connectivity index is 2.41. The molecule has 0 aliphatic carbocycles. The number of aliphatic imine (C=N–C) groups is 1. The number of alkyl halides is 3. The molecule has 4 nitrogen and oxygen atoms in total. The smallest absolute Gasteiger partial charge is 0.417 e. The fourth-order valence-electron chi connectivity index (χ4n) is 2.27. The van der Waals surface area contributed by atoms with Gasteiger partial charge in [0.05, 0.1) is 17.9 Å². The van der Waals surface area contributed by atoms with Crippen LogP contribution in [0, 0.1) is 9.49 Å². The zero-order valence-corrected chi connectivity index (χ0v) is 16.3. The SMILES string of the molecule is CCOC(=O)C(C=Nc1ccc(I)cc1)C(=O)c1ccccc1C(F)(F)F. The van der Waals surface area contributed by atoms with E-state index < -0.39 is 35.0 Å². The lowest BCUT2D eigenvalue weighted by molar-refractivity contribution is -0.144. The maximum atomic E-state index is 13.2. The van der Waals surface area contributed by atoms with E-state index in [2.05, 4.69) is 27.6 Å². The zero-order valence-electron chi connectivity index (χ0n) is 14.2. The van der Waals surface area contributed by atoms with Crippen molar-refractivity contribution in [2.45, 2.75) is 13.1 Å². The molecule has 0 amide bonds. The minimum absolute atomic E-state index is 0.0130. The number of hydrogen-bond acceptors (Lipinski definition) is 4. The van der Waals surface area contributed by atoms with Crippen LogP contribution in [0.15, 0.2) is 53.5 Å². The Hall–Kier alpha value is -2.23. The van der Waals surface area contributed by atoms with Gasteiger partial charge in [0.2, 0.25) is 0 Å². The second-order valence-corrected chi connectivity index (χ2v) is 6.64. The minimum Gasteiger partial charge on any atom is -0.465 e. The molecule has 0 saturated carbocycles. The minimum atomic E-state index is -4.72. The molecule has 0 N–H and O–H groups in total. The monoisotopic (exact) mass is 489 g/mol. The summed E-state index contributed by atoms with van der Waals surface area (Å²) in [5.74, 6) is -3.54. The average Bonchev–Trinajstić information content (AvgIpc) is 2.63. The van der Waals surface area contributed by atoms with Crippen molar-refractivity contribution in [2.75, 3.05) is 6.61 Å². The molecule has 8 heteroatoms. The average molecular weight is 489 g/mol. The number of esters is 1. The summed E-state index contributed by atoms with van der Waals surface area (Å²) in [5, 5.41) is 0. The summed E-state index contributed by atoms with van der Waals surface area (Å²) < 4.78 is 45.4. The van der Waals surface area contributed by atoms with Crippen molar-refractivity contribution in [1.82, 2.24) is 0 Å². The van der Waals surface area contributed by atoms with Crippen molar-refractivity contribution in [2.24, 2.45) is 10.9 Å². The highest BCUT2D eigenvalue weighted by atomic mass is 127. The van der Waals surface area contributed by atoms with Gasteiger partial charge in [-0.1, -0.05) is 18.2 Å². The Morgan fingerprint density at radius 3 is 2.37 bits per heavy atom. The van der Waals surface area contributed by atoms with Crippen molar-refractivity contribution in [3.05, 3.63) is 63.2 Å². The maximum absolute atomic E-state index is 13.2. The van der Waals surface area contributed by atoms with Crippen LogP contribution in [0.3, 0.4) is 0 Å². The third kappa shape index (κ3) is 5.62. The quantitative estimate of drug-likeness (QED) is 0.187. The van der Waals surface area contributed by atoms with Crippen molar-refractivity contribution in [1.29, 1.82) is 0 Å². The van der Waals surface area contributed by atoms with E-state index in [-0.39, 0.29) is 6.61 Å². The van der Waals surface area contributed by atoms with Gasteiger partial charge in [-0.25, -0.2) is 0 Å². The Morgan fingerprint density at radius 1 is 1.15 bits per heavy atom. The zero-order chi connectivity index (χ0) is 20.0. The molecule has 2 aromatic rings. The number of nitrogens with zero attached hydrogens (tertiary/aromatic N) is 1. The van der Waals surface area contributed by atoms with E-state index in [1.165, 1.54) is 12.1 Å². The molecule has 0 heterocycles. The predicted molar refractivity (Wildman–Crippen MR) is 103 cm³/mol. The van der Waals surface area contributed by atoms with Crippen LogP contribution in [-0.4, -0.2) is 24.6 Å². The van der Waals surface area contributed by atoms with E-state index in [0.29, 0.717) is 5.69 Å². The number of carbonyl (C=O) groups is 2. The van der Waals surface area contributed by atoms with Crippen LogP contribution in [0.1, 0.15) is 22.8 Å². The normalized spacial score (nSPS) is 12.8. The number of hydrogen-bond donors (Lipinski definition) is 0. The van der Waals surface area contributed by atoms with Gasteiger partial charge in [0.25, 0.3) is 0 Å². The highest BCUT2D eigenvalue weighted by Crippen LogP contribution is 2.33. The molecular weight excluding hydrogens is 474 g/mol. The fraction of sp³-hybridized carbons (Fsp3) is 0.211. The van der Waals surface area contributed by atoms with Gasteiger partial charge in [0.15, 0.2) is 11.7 Å². The van der Waals surface area contributed by atoms with E-state index in [1.807, 2.05) is 0 Å². The molecule has 0 saturated heterocycles. The number of carbonyl (C=O) groups excluding carboxylic acids is 2. The van der Waals surface area contributed by atoms with E-state index in [1.54, 1.807) is 31.2 Å². The van der Waals surface area contributed by atoms with Gasteiger partial charge in [-0.15, -0.1) is 0 Å². The van der Waals surface area contributed by atoms with E-state index >= 15 is 0 Å². The molecule has 0 bridgehead atoms. The van der Waals surface area contributed by atoms with E-state index in [9.17, 15) is 22.8 Å². The lowest BCUT2D eigenvalue weighted by Gasteiger charge is -2.15. The molecular formula is C19H15F3INO3. The van der Waals surface area contributed by atoms with Gasteiger partial charge in [0, 0.05) is 15.3 Å². The van der Waals surface area contributed by atoms with Crippen LogP contribution in [0.2, 0.25) is 0 Å². The number of halogens is 4. The van der Waals surface area contributed by atoms with Gasteiger partial charge in [0.1, 0.15) is 0 Å². The van der Waals surface area contributed by atoms with Gasteiger partial charge in [-0.3, -0.25) is 14.6 Å². The number of rotatable bonds is 6. The van der Waals surface area contributed by atoms with Crippen molar-refractivity contribution in [3.8, 4) is 0 Å². The largest absolute Gasteiger partial charge is 0.465 e. The molecule has 0 aliphatic heterocycles. The second-order valence-electron chi connectivity index (χ2n) is 5.39. The lowest BCUT2D eigenvalue weighted by atomic mass is 9.94. The van der Waals surface area contributed by atoms with Gasteiger partial charge in [-0.2, -0.15) is 13.2 Å². The Bertz CT molecular complexity index is 848. The summed E-state index contributed by atoms with van der Waals surface area (Å²) >= 11 is 2.10. The first-order chi connectivity index (χ1) is 12.7. The molecule has 27 heavy (non-hydrogen) atoms. The third-order valence-corrected chi connectivity index (χ3v) is 4.24. The van der Waals surface area contributed by atoms with Crippen LogP contribution in [0.4, 0.5) is 18.9 Å². The van der Waals surface area contributed by atoms with E-state index in [0.717, 1.165) is 21.9 Å². The molecule has 1 atom stereocenters. The fourth-order valence-corrected chi connectivity index (χ4v) is 2.63. The van der Waals surface area contributed by atoms with Crippen LogP contribution in [0.5, 0.6) is 0 Å². The lowest BCUT2D eigenvalue weighted by Crippen LogP contribution is -2.29. The van der Waals surface area contributed by atoms with Gasteiger partial charge >= 0.3 is 12.1 Å². The number of Topliss-reactive ketones (excluding diaryl/α,β-unsaturated/α-hetero) is 1. The first-order valence-corrected chi connectivity index (χ1v) is 8.98. The molecule has 0 aliphatic rings. The summed E-state index contributed by atoms with van der Waals surface area (Å²) in [6.45, 7) is 1.53. The highest BCUT2D eigenvalue weighted by molar-refractivity contribution is 14.1. The maximum Gasteiger partial charge on any atom is 0.417 e. The molecule has 0 fully saturated rings. The third-order valence-electron chi connectivity index (χ3n) is 3.52. The predicted octanol–water partition coefficient (Wildman–Crippen LogP) is 5.07. The highest BCUT2D eigenvalue weighted by Gasteiger charge is 2.38. The first kappa shape index (κ1) is 21.1. The molecule has 2 aromatic carbocycles. The van der Waals surface area contributed by atoms with Crippen molar-refractivity contribution in [3.63, 3.8) is 0 Å². The van der Waals surface area contributed by atoms with Gasteiger partial charge in [-0.05, 0) is 59.8 Å². The summed E-state index contributed by atoms with van der Waals surface area (Å²) in [6, 6.07) is 11.2. The number of ether oxygens (including phenoxy) is 1. The number of ketones is 1. The number of benzene rings is 2. The second kappa shape index (κ2) is 9.12. The Morgan fingerprint density at radius 2 is 1.78 bits per heavy atom. The Labute approximate surface area is 167 Å². The first-order valence-electron chi connectivity index (χ1n) is 7.91. The molecule has 0 aromatic heterocycles. The molecule has 142 valence electrons.